The first-order valence-electron chi connectivity index (χ1n) is 9.06. The highest BCUT2D eigenvalue weighted by Gasteiger charge is 2.13. The van der Waals surface area contributed by atoms with Gasteiger partial charge in [0.05, 0.1) is 12.1 Å². The summed E-state index contributed by atoms with van der Waals surface area (Å²) < 4.78 is 31.3. The van der Waals surface area contributed by atoms with Gasteiger partial charge in [-0.05, 0) is 28.5 Å². The quantitative estimate of drug-likeness (QED) is 0.585. The van der Waals surface area contributed by atoms with Crippen LogP contribution in [-0.4, -0.2) is 30.9 Å². The van der Waals surface area contributed by atoms with Crippen molar-refractivity contribution in [3.8, 4) is 0 Å². The van der Waals surface area contributed by atoms with E-state index in [2.05, 4.69) is 10.6 Å². The van der Waals surface area contributed by atoms with Gasteiger partial charge in [-0.15, -0.1) is 0 Å². The van der Waals surface area contributed by atoms with E-state index in [1.807, 2.05) is 42.5 Å². The van der Waals surface area contributed by atoms with Crippen molar-refractivity contribution in [1.29, 1.82) is 0 Å². The Kier molecular flexibility index (Phi) is 6.69. The number of nitrogens with one attached hydrogen (secondary N) is 2. The van der Waals surface area contributed by atoms with Crippen LogP contribution in [0, 0.1) is 11.6 Å². The molecule has 0 atom stereocenters. The molecule has 6 nitrogen and oxygen atoms in total. The van der Waals surface area contributed by atoms with Gasteiger partial charge in [0, 0.05) is 6.07 Å². The van der Waals surface area contributed by atoms with Gasteiger partial charge in [-0.25, -0.2) is 8.78 Å². The van der Waals surface area contributed by atoms with Crippen LogP contribution in [0.5, 0.6) is 0 Å². The summed E-state index contributed by atoms with van der Waals surface area (Å²) in [7, 11) is 0. The number of hydrogen-bond acceptors (Lipinski definition) is 4. The highest BCUT2D eigenvalue weighted by Crippen LogP contribution is 2.19. The molecule has 0 radical (unpaired) electrons. The van der Waals surface area contributed by atoms with Gasteiger partial charge in [0.1, 0.15) is 18.2 Å². The van der Waals surface area contributed by atoms with E-state index in [-0.39, 0.29) is 18.0 Å². The SMILES string of the molecule is O=C(Cc1cccc2ccccc12)NCC(=O)OCC(=O)Nc1cc(F)ccc1F. The van der Waals surface area contributed by atoms with Crippen molar-refractivity contribution >= 4 is 34.2 Å². The lowest BCUT2D eigenvalue weighted by Gasteiger charge is -2.09. The molecule has 0 saturated heterocycles. The van der Waals surface area contributed by atoms with Crippen molar-refractivity contribution in [2.45, 2.75) is 6.42 Å². The topological polar surface area (TPSA) is 84.5 Å². The zero-order chi connectivity index (χ0) is 21.5. The molecule has 0 aliphatic rings. The van der Waals surface area contributed by atoms with E-state index in [0.717, 1.165) is 34.5 Å². The summed E-state index contributed by atoms with van der Waals surface area (Å²) in [5.41, 5.74) is 0.454. The smallest absolute Gasteiger partial charge is 0.325 e. The number of hydrogen-bond donors (Lipinski definition) is 2. The second-order valence-corrected chi connectivity index (χ2v) is 6.42. The largest absolute Gasteiger partial charge is 0.454 e. The van der Waals surface area contributed by atoms with Crippen molar-refractivity contribution in [1.82, 2.24) is 5.32 Å². The molecule has 0 unspecified atom stereocenters. The third-order valence-electron chi connectivity index (χ3n) is 4.23. The summed E-state index contributed by atoms with van der Waals surface area (Å²) >= 11 is 0. The van der Waals surface area contributed by atoms with Gasteiger partial charge in [-0.3, -0.25) is 14.4 Å². The highest BCUT2D eigenvalue weighted by atomic mass is 19.1. The Morgan fingerprint density at radius 1 is 0.900 bits per heavy atom. The maximum Gasteiger partial charge on any atom is 0.325 e. The standard InChI is InChI=1S/C22H18F2N2O4/c23-16-8-9-18(24)19(11-16)26-21(28)13-30-22(29)12-25-20(27)10-15-6-3-5-14-4-1-2-7-17(14)15/h1-9,11H,10,12-13H2,(H,25,27)(H,26,28). The van der Waals surface area contributed by atoms with Gasteiger partial charge in [0.25, 0.3) is 5.91 Å². The molecule has 3 aromatic rings. The Morgan fingerprint density at radius 2 is 1.67 bits per heavy atom. The van der Waals surface area contributed by atoms with Crippen LogP contribution in [0.4, 0.5) is 14.5 Å². The number of fused-ring (bicyclic) bond motifs is 1. The van der Waals surface area contributed by atoms with Crippen molar-refractivity contribution < 1.29 is 27.9 Å². The first kappa shape index (κ1) is 20.9. The normalized spacial score (nSPS) is 10.5. The first-order chi connectivity index (χ1) is 14.4. The molecule has 2 N–H and O–H groups in total. The van der Waals surface area contributed by atoms with Crippen molar-refractivity contribution in [2.24, 2.45) is 0 Å². The minimum atomic E-state index is -0.838. The summed E-state index contributed by atoms with van der Waals surface area (Å²) in [5, 5.41) is 6.48. The van der Waals surface area contributed by atoms with E-state index in [1.54, 1.807) is 0 Å². The molecular weight excluding hydrogens is 394 g/mol. The summed E-state index contributed by atoms with van der Waals surface area (Å²) in [6.07, 6.45) is 0.0773. The number of halogens is 2. The molecule has 2 amide bonds. The molecule has 0 fully saturated rings. The molecule has 0 aromatic heterocycles. The molecule has 0 saturated carbocycles. The maximum absolute atomic E-state index is 13.5. The van der Waals surface area contributed by atoms with Crippen LogP contribution < -0.4 is 10.6 Å². The van der Waals surface area contributed by atoms with E-state index >= 15 is 0 Å². The molecule has 30 heavy (non-hydrogen) atoms. The Labute approximate surface area is 170 Å². The molecule has 0 aliphatic heterocycles. The van der Waals surface area contributed by atoms with Crippen LogP contribution in [0.25, 0.3) is 10.8 Å². The molecule has 154 valence electrons. The van der Waals surface area contributed by atoms with Gasteiger partial charge in [-0.2, -0.15) is 0 Å². The fourth-order valence-corrected chi connectivity index (χ4v) is 2.83. The zero-order valence-electron chi connectivity index (χ0n) is 15.8. The summed E-state index contributed by atoms with van der Waals surface area (Å²) in [6, 6.07) is 15.8. The maximum atomic E-state index is 13.5. The summed E-state index contributed by atoms with van der Waals surface area (Å²) in [4.78, 5) is 35.6. The lowest BCUT2D eigenvalue weighted by molar-refractivity contribution is -0.147. The van der Waals surface area contributed by atoms with E-state index in [0.29, 0.717) is 0 Å². The van der Waals surface area contributed by atoms with E-state index in [1.165, 1.54) is 0 Å². The average Bonchev–Trinajstić information content (AvgIpc) is 2.73. The minimum absolute atomic E-state index is 0.0773. The number of carbonyl (C=O) groups excluding carboxylic acids is 3. The monoisotopic (exact) mass is 412 g/mol. The Balaban J connectivity index is 1.44. The predicted octanol–water partition coefficient (Wildman–Crippen LogP) is 2.96. The average molecular weight is 412 g/mol. The number of carbonyl (C=O) groups is 3. The van der Waals surface area contributed by atoms with Crippen LogP contribution in [0.1, 0.15) is 5.56 Å². The van der Waals surface area contributed by atoms with Crippen LogP contribution in [0.2, 0.25) is 0 Å². The van der Waals surface area contributed by atoms with E-state index in [4.69, 9.17) is 4.74 Å². The molecule has 8 heteroatoms. The first-order valence-corrected chi connectivity index (χ1v) is 9.06. The fraction of sp³-hybridized carbons (Fsp3) is 0.136. The number of amides is 2. The number of ether oxygens (including phenoxy) is 1. The minimum Gasteiger partial charge on any atom is -0.454 e. The second kappa shape index (κ2) is 9.60. The van der Waals surface area contributed by atoms with Crippen LogP contribution in [0.15, 0.2) is 60.7 Å². The van der Waals surface area contributed by atoms with Gasteiger partial charge in [-0.1, -0.05) is 42.5 Å². The Morgan fingerprint density at radius 3 is 2.50 bits per heavy atom. The van der Waals surface area contributed by atoms with Crippen molar-refractivity contribution in [3.63, 3.8) is 0 Å². The number of benzene rings is 3. The molecule has 3 rings (SSSR count). The van der Waals surface area contributed by atoms with E-state index < -0.39 is 36.7 Å². The van der Waals surface area contributed by atoms with Gasteiger partial charge in [0.2, 0.25) is 5.91 Å². The number of anilines is 1. The third-order valence-corrected chi connectivity index (χ3v) is 4.23. The molecular formula is C22H18F2N2O4. The lowest BCUT2D eigenvalue weighted by Crippen LogP contribution is -2.33. The zero-order valence-corrected chi connectivity index (χ0v) is 15.8. The molecule has 0 aliphatic carbocycles. The van der Waals surface area contributed by atoms with Crippen molar-refractivity contribution in [2.75, 3.05) is 18.5 Å². The molecule has 0 spiro atoms. The molecule has 3 aromatic carbocycles. The van der Waals surface area contributed by atoms with Gasteiger partial charge < -0.3 is 15.4 Å². The molecule has 0 bridgehead atoms. The highest BCUT2D eigenvalue weighted by molar-refractivity contribution is 5.94. The van der Waals surface area contributed by atoms with Gasteiger partial charge >= 0.3 is 5.97 Å². The van der Waals surface area contributed by atoms with Gasteiger partial charge in [0.15, 0.2) is 6.61 Å². The van der Waals surface area contributed by atoms with E-state index in [9.17, 15) is 23.2 Å². The third kappa shape index (κ3) is 5.60. The lowest BCUT2D eigenvalue weighted by atomic mass is 10.0. The van der Waals surface area contributed by atoms with Crippen LogP contribution >= 0.6 is 0 Å². The fourth-order valence-electron chi connectivity index (χ4n) is 2.83. The Bertz CT molecular complexity index is 1100. The van der Waals surface area contributed by atoms with Crippen LogP contribution in [0.3, 0.4) is 0 Å². The Hall–Kier alpha value is -3.81. The van der Waals surface area contributed by atoms with Crippen molar-refractivity contribution in [3.05, 3.63) is 77.9 Å². The number of esters is 1. The predicted molar refractivity (Wildman–Crippen MR) is 107 cm³/mol. The van der Waals surface area contributed by atoms with Crippen LogP contribution in [-0.2, 0) is 25.5 Å². The summed E-state index contributed by atoms with van der Waals surface area (Å²) in [6.45, 7) is -1.13. The summed E-state index contributed by atoms with van der Waals surface area (Å²) in [5.74, 6) is -3.60. The second-order valence-electron chi connectivity index (χ2n) is 6.42. The number of rotatable bonds is 7. The molecule has 0 heterocycles.